The second kappa shape index (κ2) is 6.18. The highest BCUT2D eigenvalue weighted by atomic mass is 32.1. The van der Waals surface area contributed by atoms with Crippen LogP contribution in [0.2, 0.25) is 0 Å². The molecule has 1 saturated heterocycles. The summed E-state index contributed by atoms with van der Waals surface area (Å²) in [5.74, 6) is 1.12. The van der Waals surface area contributed by atoms with Gasteiger partial charge in [0.15, 0.2) is 10.6 Å². The highest BCUT2D eigenvalue weighted by Gasteiger charge is 2.29. The van der Waals surface area contributed by atoms with E-state index in [1.54, 1.807) is 11.3 Å². The van der Waals surface area contributed by atoms with Gasteiger partial charge in [0.05, 0.1) is 18.2 Å². The van der Waals surface area contributed by atoms with Crippen molar-refractivity contribution in [3.8, 4) is 0 Å². The van der Waals surface area contributed by atoms with Crippen LogP contribution in [-0.2, 0) is 4.74 Å². The zero-order valence-electron chi connectivity index (χ0n) is 13.1. The minimum atomic E-state index is 0.223. The van der Waals surface area contributed by atoms with Gasteiger partial charge in [-0.05, 0) is 25.7 Å². The Kier molecular flexibility index (Phi) is 4.04. The first-order chi connectivity index (χ1) is 11.2. The monoisotopic (exact) mass is 334 g/mol. The van der Waals surface area contributed by atoms with Crippen LogP contribution >= 0.6 is 11.3 Å². The number of fused-ring (bicyclic) bond motifs is 1. The maximum atomic E-state index is 5.91. The number of aromatic nitrogens is 3. The van der Waals surface area contributed by atoms with Crippen LogP contribution < -0.4 is 11.5 Å². The molecule has 0 aromatic carbocycles. The van der Waals surface area contributed by atoms with Gasteiger partial charge in [-0.2, -0.15) is 4.98 Å². The highest BCUT2D eigenvalue weighted by molar-refractivity contribution is 7.18. The molecule has 2 aliphatic rings. The van der Waals surface area contributed by atoms with Gasteiger partial charge in [0.25, 0.3) is 0 Å². The maximum Gasteiger partial charge on any atom is 0.223 e. The lowest BCUT2D eigenvalue weighted by atomic mass is 9.85. The van der Waals surface area contributed by atoms with Crippen molar-refractivity contribution in [2.45, 2.75) is 37.6 Å². The molecule has 0 unspecified atom stereocenters. The Morgan fingerprint density at radius 3 is 2.48 bits per heavy atom. The number of ether oxygens (including phenoxy) is 1. The number of morpholine rings is 1. The van der Waals surface area contributed by atoms with Gasteiger partial charge in [0, 0.05) is 25.0 Å². The van der Waals surface area contributed by atoms with Gasteiger partial charge in [-0.1, -0.05) is 11.3 Å². The van der Waals surface area contributed by atoms with Crippen LogP contribution in [0.15, 0.2) is 0 Å². The average Bonchev–Trinajstić information content (AvgIpc) is 3.00. The summed E-state index contributed by atoms with van der Waals surface area (Å²) in [7, 11) is 0. The van der Waals surface area contributed by atoms with E-state index < -0.39 is 0 Å². The molecule has 1 saturated carbocycles. The summed E-state index contributed by atoms with van der Waals surface area (Å²) in [4.78, 5) is 16.3. The molecule has 2 aromatic heterocycles. The van der Waals surface area contributed by atoms with Crippen LogP contribution in [0.5, 0.6) is 0 Å². The van der Waals surface area contributed by atoms with Gasteiger partial charge in [-0.3, -0.25) is 4.90 Å². The summed E-state index contributed by atoms with van der Waals surface area (Å²) in [6.45, 7) is 3.89. The van der Waals surface area contributed by atoms with Gasteiger partial charge in [0.2, 0.25) is 5.95 Å². The Hall–Kier alpha value is -1.51. The van der Waals surface area contributed by atoms with Gasteiger partial charge in [0.1, 0.15) is 5.52 Å². The third kappa shape index (κ3) is 2.98. The third-order valence-electron chi connectivity index (χ3n) is 4.93. The molecule has 4 rings (SSSR count). The van der Waals surface area contributed by atoms with E-state index in [2.05, 4.69) is 14.9 Å². The molecule has 7 nitrogen and oxygen atoms in total. The molecule has 0 spiro atoms. The van der Waals surface area contributed by atoms with Gasteiger partial charge >= 0.3 is 0 Å². The topological polar surface area (TPSA) is 103 Å². The van der Waals surface area contributed by atoms with E-state index in [1.807, 2.05) is 0 Å². The SMILES string of the molecule is Nc1nc(N)c2nc(C3CCC(N4CCOCC4)CC3)sc2n1. The van der Waals surface area contributed by atoms with Crippen molar-refractivity contribution in [1.82, 2.24) is 19.9 Å². The van der Waals surface area contributed by atoms with Crippen molar-refractivity contribution in [3.05, 3.63) is 5.01 Å². The quantitative estimate of drug-likeness (QED) is 0.860. The van der Waals surface area contributed by atoms with Crippen LogP contribution in [0.3, 0.4) is 0 Å². The molecule has 3 heterocycles. The van der Waals surface area contributed by atoms with E-state index in [1.165, 1.54) is 25.7 Å². The van der Waals surface area contributed by atoms with Crippen molar-refractivity contribution in [2.75, 3.05) is 37.8 Å². The van der Waals surface area contributed by atoms with E-state index in [9.17, 15) is 0 Å². The lowest BCUT2D eigenvalue weighted by Crippen LogP contribution is -2.44. The first-order valence-electron chi connectivity index (χ1n) is 8.22. The first kappa shape index (κ1) is 15.0. The second-order valence-electron chi connectivity index (χ2n) is 6.33. The fraction of sp³-hybridized carbons (Fsp3) is 0.667. The fourth-order valence-electron chi connectivity index (χ4n) is 3.68. The van der Waals surface area contributed by atoms with Gasteiger partial charge < -0.3 is 16.2 Å². The van der Waals surface area contributed by atoms with Crippen molar-refractivity contribution in [1.29, 1.82) is 0 Å². The summed E-state index contributed by atoms with van der Waals surface area (Å²) in [6.07, 6.45) is 4.79. The molecule has 0 radical (unpaired) electrons. The largest absolute Gasteiger partial charge is 0.382 e. The average molecular weight is 334 g/mol. The lowest BCUT2D eigenvalue weighted by molar-refractivity contribution is 0.00730. The number of nitrogen functional groups attached to an aromatic ring is 2. The molecule has 0 atom stereocenters. The molecule has 0 bridgehead atoms. The minimum absolute atomic E-state index is 0.223. The Balaban J connectivity index is 1.46. The molecule has 0 amide bonds. The fourth-order valence-corrected chi connectivity index (χ4v) is 4.80. The number of hydrogen-bond acceptors (Lipinski definition) is 8. The van der Waals surface area contributed by atoms with E-state index in [4.69, 9.17) is 21.2 Å². The van der Waals surface area contributed by atoms with E-state index in [-0.39, 0.29) is 5.95 Å². The minimum Gasteiger partial charge on any atom is -0.382 e. The molecular formula is C15H22N6OS. The first-order valence-corrected chi connectivity index (χ1v) is 9.03. The van der Waals surface area contributed by atoms with Crippen molar-refractivity contribution < 1.29 is 4.74 Å². The summed E-state index contributed by atoms with van der Waals surface area (Å²) in [6, 6.07) is 0.699. The lowest BCUT2D eigenvalue weighted by Gasteiger charge is -2.38. The summed E-state index contributed by atoms with van der Waals surface area (Å²) in [5, 5.41) is 1.13. The van der Waals surface area contributed by atoms with Crippen LogP contribution in [0.4, 0.5) is 11.8 Å². The van der Waals surface area contributed by atoms with E-state index in [0.29, 0.717) is 23.3 Å². The van der Waals surface area contributed by atoms with Crippen molar-refractivity contribution >= 4 is 33.5 Å². The predicted octanol–water partition coefficient (Wildman–Crippen LogP) is 1.61. The van der Waals surface area contributed by atoms with Crippen molar-refractivity contribution in [2.24, 2.45) is 0 Å². The van der Waals surface area contributed by atoms with Crippen LogP contribution in [0.1, 0.15) is 36.6 Å². The number of thiazole rings is 1. The number of rotatable bonds is 2. The zero-order chi connectivity index (χ0) is 15.8. The van der Waals surface area contributed by atoms with Gasteiger partial charge in [-0.15, -0.1) is 0 Å². The molecule has 124 valence electrons. The molecule has 2 fully saturated rings. The molecule has 4 N–H and O–H groups in total. The summed E-state index contributed by atoms with van der Waals surface area (Å²) < 4.78 is 5.45. The number of nitrogens with zero attached hydrogens (tertiary/aromatic N) is 4. The zero-order valence-corrected chi connectivity index (χ0v) is 13.9. The van der Waals surface area contributed by atoms with E-state index in [0.717, 1.165) is 36.1 Å². The number of nitrogens with two attached hydrogens (primary N) is 2. The summed E-state index contributed by atoms with van der Waals surface area (Å²) >= 11 is 1.61. The molecule has 1 aliphatic heterocycles. The summed E-state index contributed by atoms with van der Waals surface area (Å²) in [5.41, 5.74) is 12.3. The maximum absolute atomic E-state index is 5.91. The third-order valence-corrected chi connectivity index (χ3v) is 6.04. The van der Waals surface area contributed by atoms with E-state index >= 15 is 0 Å². The molecule has 1 aliphatic carbocycles. The Bertz CT molecular complexity index is 691. The molecular weight excluding hydrogens is 312 g/mol. The Morgan fingerprint density at radius 2 is 1.74 bits per heavy atom. The molecule has 23 heavy (non-hydrogen) atoms. The molecule has 2 aromatic rings. The Morgan fingerprint density at radius 1 is 1.00 bits per heavy atom. The van der Waals surface area contributed by atoms with Crippen molar-refractivity contribution in [3.63, 3.8) is 0 Å². The molecule has 8 heteroatoms. The second-order valence-corrected chi connectivity index (χ2v) is 7.34. The van der Waals surface area contributed by atoms with Crippen LogP contribution in [0.25, 0.3) is 10.3 Å². The normalized spacial score (nSPS) is 26.6. The van der Waals surface area contributed by atoms with Gasteiger partial charge in [-0.25, -0.2) is 9.97 Å². The van der Waals surface area contributed by atoms with Crippen LogP contribution in [0, 0.1) is 0 Å². The predicted molar refractivity (Wildman–Crippen MR) is 91.4 cm³/mol. The number of hydrogen-bond donors (Lipinski definition) is 2. The van der Waals surface area contributed by atoms with Crippen LogP contribution in [-0.4, -0.2) is 52.2 Å². The standard InChI is InChI=1S/C15H22N6OS/c16-12-11-14(20-15(17)19-12)23-13(18-11)9-1-3-10(4-2-9)21-5-7-22-8-6-21/h9-10H,1-8H2,(H4,16,17,19,20). The Labute approximate surface area is 139 Å². The number of anilines is 2. The smallest absolute Gasteiger partial charge is 0.223 e. The highest BCUT2D eigenvalue weighted by Crippen LogP contribution is 2.38.